The Morgan fingerprint density at radius 3 is 2.37 bits per heavy atom. The number of rotatable bonds is 3. The lowest BCUT2D eigenvalue weighted by Crippen LogP contribution is -2.01. The molecule has 100 valence electrons. The third-order valence-corrected chi connectivity index (χ3v) is 3.02. The lowest BCUT2D eigenvalue weighted by Gasteiger charge is -2.13. The van der Waals surface area contributed by atoms with Gasteiger partial charge in [-0.1, -0.05) is 6.07 Å². The van der Waals surface area contributed by atoms with Gasteiger partial charge in [-0.25, -0.2) is 4.79 Å². The van der Waals surface area contributed by atoms with Crippen molar-refractivity contribution in [3.8, 4) is 17.2 Å². The van der Waals surface area contributed by atoms with Crippen LogP contribution in [0.1, 0.15) is 15.9 Å². The largest absolute Gasteiger partial charge is 0.506 e. The van der Waals surface area contributed by atoms with Gasteiger partial charge in [0.05, 0.1) is 19.6 Å². The third kappa shape index (κ3) is 2.03. The van der Waals surface area contributed by atoms with Crippen molar-refractivity contribution in [1.82, 2.24) is 0 Å². The SMILES string of the molecule is COc1cc(OC)c2c(O)c(C(=O)O)c(C)cc2c1. The predicted octanol–water partition coefficient (Wildman–Crippen LogP) is 2.57. The highest BCUT2D eigenvalue weighted by Crippen LogP contribution is 2.40. The summed E-state index contributed by atoms with van der Waals surface area (Å²) in [4.78, 5) is 11.2. The number of hydrogen-bond acceptors (Lipinski definition) is 4. The van der Waals surface area contributed by atoms with Crippen LogP contribution in [-0.4, -0.2) is 30.4 Å². The molecule has 5 nitrogen and oxygen atoms in total. The van der Waals surface area contributed by atoms with Crippen molar-refractivity contribution in [3.63, 3.8) is 0 Å². The molecule has 0 amide bonds. The fourth-order valence-electron chi connectivity index (χ4n) is 2.14. The van der Waals surface area contributed by atoms with Crippen LogP contribution in [0.4, 0.5) is 0 Å². The zero-order chi connectivity index (χ0) is 14.2. The van der Waals surface area contributed by atoms with E-state index in [0.29, 0.717) is 27.8 Å². The number of carboxylic acids is 1. The van der Waals surface area contributed by atoms with Crippen molar-refractivity contribution in [2.75, 3.05) is 14.2 Å². The van der Waals surface area contributed by atoms with Crippen LogP contribution in [0.25, 0.3) is 10.8 Å². The van der Waals surface area contributed by atoms with E-state index in [0.717, 1.165) is 0 Å². The molecule has 0 atom stereocenters. The third-order valence-electron chi connectivity index (χ3n) is 3.02. The predicted molar refractivity (Wildman–Crippen MR) is 70.4 cm³/mol. The van der Waals surface area contributed by atoms with Crippen LogP contribution in [0, 0.1) is 6.92 Å². The number of phenols is 1. The number of aryl methyl sites for hydroxylation is 1. The number of hydrogen-bond donors (Lipinski definition) is 2. The van der Waals surface area contributed by atoms with Gasteiger partial charge in [0.25, 0.3) is 0 Å². The number of carboxylic acid groups (broad SMARTS) is 1. The summed E-state index contributed by atoms with van der Waals surface area (Å²) in [6.45, 7) is 1.63. The van der Waals surface area contributed by atoms with Gasteiger partial charge >= 0.3 is 5.97 Å². The van der Waals surface area contributed by atoms with Gasteiger partial charge in [0.2, 0.25) is 0 Å². The van der Waals surface area contributed by atoms with Crippen molar-refractivity contribution in [2.45, 2.75) is 6.92 Å². The first-order chi connectivity index (χ1) is 8.99. The van der Waals surface area contributed by atoms with E-state index in [2.05, 4.69) is 0 Å². The number of fused-ring (bicyclic) bond motifs is 1. The Kier molecular flexibility index (Phi) is 3.21. The Morgan fingerprint density at radius 1 is 1.16 bits per heavy atom. The Labute approximate surface area is 110 Å². The Bertz CT molecular complexity index is 661. The molecule has 2 N–H and O–H groups in total. The molecule has 0 fully saturated rings. The van der Waals surface area contributed by atoms with Gasteiger partial charge in [-0.2, -0.15) is 0 Å². The average molecular weight is 262 g/mol. The summed E-state index contributed by atoms with van der Waals surface area (Å²) in [5.41, 5.74) is 0.365. The first kappa shape index (κ1) is 13.0. The Hall–Kier alpha value is -2.43. The van der Waals surface area contributed by atoms with Crippen molar-refractivity contribution < 1.29 is 24.5 Å². The van der Waals surface area contributed by atoms with Crippen molar-refractivity contribution >= 4 is 16.7 Å². The lowest BCUT2D eigenvalue weighted by atomic mass is 9.99. The molecule has 0 spiro atoms. The monoisotopic (exact) mass is 262 g/mol. The molecule has 0 saturated carbocycles. The summed E-state index contributed by atoms with van der Waals surface area (Å²) in [7, 11) is 2.98. The van der Waals surface area contributed by atoms with Gasteiger partial charge in [-0.15, -0.1) is 0 Å². The summed E-state index contributed by atoms with van der Waals surface area (Å²) in [6, 6.07) is 5.00. The Morgan fingerprint density at radius 2 is 1.84 bits per heavy atom. The second-order valence-electron chi connectivity index (χ2n) is 4.15. The molecule has 0 aliphatic rings. The zero-order valence-corrected chi connectivity index (χ0v) is 10.9. The van der Waals surface area contributed by atoms with Crippen molar-refractivity contribution in [1.29, 1.82) is 0 Å². The van der Waals surface area contributed by atoms with E-state index in [4.69, 9.17) is 14.6 Å². The van der Waals surface area contributed by atoms with Crippen LogP contribution in [0.15, 0.2) is 18.2 Å². The van der Waals surface area contributed by atoms with Gasteiger partial charge in [-0.3, -0.25) is 0 Å². The smallest absolute Gasteiger partial charge is 0.339 e. The highest BCUT2D eigenvalue weighted by molar-refractivity contribution is 6.04. The second-order valence-corrected chi connectivity index (χ2v) is 4.15. The molecule has 0 bridgehead atoms. The van der Waals surface area contributed by atoms with E-state index in [1.807, 2.05) is 0 Å². The van der Waals surface area contributed by atoms with Gasteiger partial charge in [0.1, 0.15) is 22.8 Å². The van der Waals surface area contributed by atoms with Gasteiger partial charge in [0, 0.05) is 6.07 Å². The van der Waals surface area contributed by atoms with Crippen LogP contribution >= 0.6 is 0 Å². The molecule has 5 heteroatoms. The summed E-state index contributed by atoms with van der Waals surface area (Å²) in [6.07, 6.45) is 0. The molecular weight excluding hydrogens is 248 g/mol. The number of aromatic hydroxyl groups is 1. The first-order valence-corrected chi connectivity index (χ1v) is 5.61. The number of methoxy groups -OCH3 is 2. The topological polar surface area (TPSA) is 76.0 Å². The van der Waals surface area contributed by atoms with Crippen LogP contribution < -0.4 is 9.47 Å². The summed E-state index contributed by atoms with van der Waals surface area (Å²) in [5.74, 6) is -0.516. The van der Waals surface area contributed by atoms with Crippen molar-refractivity contribution in [2.24, 2.45) is 0 Å². The molecule has 2 aromatic rings. The molecule has 0 heterocycles. The molecule has 2 rings (SSSR count). The lowest BCUT2D eigenvalue weighted by molar-refractivity contribution is 0.0693. The summed E-state index contributed by atoms with van der Waals surface area (Å²) < 4.78 is 10.3. The minimum Gasteiger partial charge on any atom is -0.506 e. The quantitative estimate of drug-likeness (QED) is 0.889. The van der Waals surface area contributed by atoms with Crippen LogP contribution in [0.5, 0.6) is 17.2 Å². The zero-order valence-electron chi connectivity index (χ0n) is 10.9. The molecular formula is C14H14O5. The summed E-state index contributed by atoms with van der Waals surface area (Å²) in [5, 5.41) is 20.3. The normalized spacial score (nSPS) is 10.5. The molecule has 0 aliphatic heterocycles. The molecule has 0 aromatic heterocycles. The molecule has 0 saturated heterocycles. The maximum atomic E-state index is 11.2. The van der Waals surface area contributed by atoms with Crippen molar-refractivity contribution in [3.05, 3.63) is 29.3 Å². The standard InChI is InChI=1S/C14H14O5/c1-7-4-8-5-9(18-2)6-10(19-3)12(8)13(15)11(7)14(16)17/h4-6,15H,1-3H3,(H,16,17). The van der Waals surface area contributed by atoms with E-state index in [-0.39, 0.29) is 11.3 Å². The molecule has 0 aliphatic carbocycles. The van der Waals surface area contributed by atoms with E-state index in [1.165, 1.54) is 14.2 Å². The van der Waals surface area contributed by atoms with Crippen LogP contribution in [0.2, 0.25) is 0 Å². The fraction of sp³-hybridized carbons (Fsp3) is 0.214. The van der Waals surface area contributed by atoms with E-state index < -0.39 is 5.97 Å². The Balaban J connectivity index is 2.92. The van der Waals surface area contributed by atoms with Crippen LogP contribution in [-0.2, 0) is 0 Å². The molecule has 0 radical (unpaired) electrons. The maximum absolute atomic E-state index is 11.2. The minimum absolute atomic E-state index is 0.115. The number of aromatic carboxylic acids is 1. The molecule has 2 aromatic carbocycles. The van der Waals surface area contributed by atoms with Gasteiger partial charge in [-0.05, 0) is 23.9 Å². The van der Waals surface area contributed by atoms with E-state index in [1.54, 1.807) is 25.1 Å². The molecule has 19 heavy (non-hydrogen) atoms. The maximum Gasteiger partial charge on any atom is 0.339 e. The number of carbonyl (C=O) groups is 1. The minimum atomic E-state index is -1.17. The summed E-state index contributed by atoms with van der Waals surface area (Å²) >= 11 is 0. The van der Waals surface area contributed by atoms with E-state index >= 15 is 0 Å². The molecule has 0 unspecified atom stereocenters. The highest BCUT2D eigenvalue weighted by Gasteiger charge is 2.19. The fourth-order valence-corrected chi connectivity index (χ4v) is 2.14. The van der Waals surface area contributed by atoms with E-state index in [9.17, 15) is 9.90 Å². The average Bonchev–Trinajstić information content (AvgIpc) is 2.36. The number of ether oxygens (including phenoxy) is 2. The van der Waals surface area contributed by atoms with Crippen LogP contribution in [0.3, 0.4) is 0 Å². The highest BCUT2D eigenvalue weighted by atomic mass is 16.5. The first-order valence-electron chi connectivity index (χ1n) is 5.61. The van der Waals surface area contributed by atoms with Gasteiger partial charge < -0.3 is 19.7 Å². The second kappa shape index (κ2) is 4.68. The van der Waals surface area contributed by atoms with Gasteiger partial charge in [0.15, 0.2) is 0 Å². The number of benzene rings is 2.